The van der Waals surface area contributed by atoms with Crippen LogP contribution >= 0.6 is 11.8 Å². The van der Waals surface area contributed by atoms with E-state index in [1.165, 1.54) is 0 Å². The molecule has 0 aliphatic rings. The van der Waals surface area contributed by atoms with Crippen molar-refractivity contribution in [3.63, 3.8) is 0 Å². The number of aldehydes is 1. The molecule has 0 radical (unpaired) electrons. The number of hydrogen-bond acceptors (Lipinski definition) is 2. The fraction of sp³-hybridized carbons (Fsp3) is 0.571. The first-order valence-electron chi connectivity index (χ1n) is 2.97. The van der Waals surface area contributed by atoms with Crippen molar-refractivity contribution in [2.24, 2.45) is 0 Å². The molecule has 0 aliphatic heterocycles. The van der Waals surface area contributed by atoms with E-state index in [-0.39, 0.29) is 0 Å². The minimum Gasteiger partial charge on any atom is -0.303 e. The molecule has 0 saturated carbocycles. The van der Waals surface area contributed by atoms with Crippen LogP contribution in [0.15, 0.2) is 12.7 Å². The summed E-state index contributed by atoms with van der Waals surface area (Å²) in [7, 11) is 0. The second-order valence-electron chi connectivity index (χ2n) is 1.83. The van der Waals surface area contributed by atoms with E-state index in [1.54, 1.807) is 11.8 Å². The molecular weight excluding hydrogens is 132 g/mol. The number of thioether (sulfide) groups is 1. The van der Waals surface area contributed by atoms with E-state index in [0.29, 0.717) is 11.7 Å². The van der Waals surface area contributed by atoms with Gasteiger partial charge in [0.05, 0.1) is 0 Å². The van der Waals surface area contributed by atoms with Crippen molar-refractivity contribution in [1.82, 2.24) is 0 Å². The smallest absolute Gasteiger partial charge is 0.121 e. The van der Waals surface area contributed by atoms with Gasteiger partial charge in [0, 0.05) is 17.4 Å². The first-order valence-corrected chi connectivity index (χ1v) is 4.02. The van der Waals surface area contributed by atoms with Crippen LogP contribution in [0.3, 0.4) is 0 Å². The molecular formula is C7H12OS. The van der Waals surface area contributed by atoms with Gasteiger partial charge in [0.25, 0.3) is 0 Å². The molecule has 2 heteroatoms. The van der Waals surface area contributed by atoms with Gasteiger partial charge >= 0.3 is 0 Å². The van der Waals surface area contributed by atoms with Crippen molar-refractivity contribution in [3.05, 3.63) is 12.7 Å². The van der Waals surface area contributed by atoms with Gasteiger partial charge in [0.1, 0.15) is 6.29 Å². The topological polar surface area (TPSA) is 17.1 Å². The van der Waals surface area contributed by atoms with E-state index in [2.05, 4.69) is 6.58 Å². The molecule has 1 atom stereocenters. The number of hydrogen-bond donors (Lipinski definition) is 0. The van der Waals surface area contributed by atoms with Gasteiger partial charge in [0.15, 0.2) is 0 Å². The highest BCUT2D eigenvalue weighted by atomic mass is 32.2. The second kappa shape index (κ2) is 5.89. The zero-order valence-corrected chi connectivity index (χ0v) is 6.49. The van der Waals surface area contributed by atoms with Crippen molar-refractivity contribution in [1.29, 1.82) is 0 Å². The molecule has 0 aromatic heterocycles. The average Bonchev–Trinajstić information content (AvgIpc) is 1.85. The molecule has 0 amide bonds. The third kappa shape index (κ3) is 5.63. The summed E-state index contributed by atoms with van der Waals surface area (Å²) in [6, 6.07) is 0. The van der Waals surface area contributed by atoms with Crippen molar-refractivity contribution in [2.75, 3.05) is 5.75 Å². The lowest BCUT2D eigenvalue weighted by Gasteiger charge is -2.02. The number of carbonyl (C=O) groups excluding carboxylic acids is 1. The zero-order valence-electron chi connectivity index (χ0n) is 5.67. The Morgan fingerprint density at radius 2 is 2.44 bits per heavy atom. The van der Waals surface area contributed by atoms with Crippen LogP contribution in [0.25, 0.3) is 0 Å². The van der Waals surface area contributed by atoms with Gasteiger partial charge in [0.2, 0.25) is 0 Å². The summed E-state index contributed by atoms with van der Waals surface area (Å²) in [5.41, 5.74) is 0. The zero-order chi connectivity index (χ0) is 7.11. The van der Waals surface area contributed by atoms with Crippen LogP contribution in [0.2, 0.25) is 0 Å². The van der Waals surface area contributed by atoms with Crippen LogP contribution in [-0.4, -0.2) is 17.3 Å². The molecule has 0 spiro atoms. The SMILES string of the molecule is C=CCSC(C)CC=O. The van der Waals surface area contributed by atoms with Gasteiger partial charge in [-0.15, -0.1) is 6.58 Å². The highest BCUT2D eigenvalue weighted by molar-refractivity contribution is 8.00. The van der Waals surface area contributed by atoms with Crippen LogP contribution in [-0.2, 0) is 4.79 Å². The van der Waals surface area contributed by atoms with Crippen LogP contribution in [0.4, 0.5) is 0 Å². The Kier molecular flexibility index (Phi) is 5.73. The molecule has 0 aromatic rings. The lowest BCUT2D eigenvalue weighted by Crippen LogP contribution is -1.96. The molecule has 0 bridgehead atoms. The monoisotopic (exact) mass is 144 g/mol. The van der Waals surface area contributed by atoms with E-state index in [0.717, 1.165) is 12.0 Å². The first-order chi connectivity index (χ1) is 4.31. The van der Waals surface area contributed by atoms with Crippen molar-refractivity contribution >= 4 is 18.0 Å². The maximum Gasteiger partial charge on any atom is 0.121 e. The largest absolute Gasteiger partial charge is 0.303 e. The number of rotatable bonds is 5. The average molecular weight is 144 g/mol. The predicted molar refractivity (Wildman–Crippen MR) is 42.8 cm³/mol. The molecule has 0 saturated heterocycles. The Bertz CT molecular complexity index is 90.9. The molecule has 0 fully saturated rings. The van der Waals surface area contributed by atoms with E-state index in [9.17, 15) is 4.79 Å². The van der Waals surface area contributed by atoms with Crippen molar-refractivity contribution in [2.45, 2.75) is 18.6 Å². The third-order valence-electron chi connectivity index (χ3n) is 0.927. The van der Waals surface area contributed by atoms with Crippen molar-refractivity contribution in [3.8, 4) is 0 Å². The van der Waals surface area contributed by atoms with Crippen LogP contribution in [0, 0.1) is 0 Å². The summed E-state index contributed by atoms with van der Waals surface area (Å²) in [6.45, 7) is 5.63. The lowest BCUT2D eigenvalue weighted by atomic mass is 10.4. The van der Waals surface area contributed by atoms with Gasteiger partial charge in [-0.2, -0.15) is 11.8 Å². The minimum absolute atomic E-state index is 0.445. The highest BCUT2D eigenvalue weighted by Crippen LogP contribution is 2.11. The molecule has 0 N–H and O–H groups in total. The quantitative estimate of drug-likeness (QED) is 0.433. The highest BCUT2D eigenvalue weighted by Gasteiger charge is 1.97. The molecule has 1 unspecified atom stereocenters. The molecule has 0 rings (SSSR count). The van der Waals surface area contributed by atoms with E-state index >= 15 is 0 Å². The summed E-state index contributed by atoms with van der Waals surface area (Å²) in [5.74, 6) is 0.939. The Balaban J connectivity index is 3.14. The van der Waals surface area contributed by atoms with E-state index in [4.69, 9.17) is 0 Å². The minimum atomic E-state index is 0.445. The molecule has 0 aliphatic carbocycles. The van der Waals surface area contributed by atoms with Crippen molar-refractivity contribution < 1.29 is 4.79 Å². The lowest BCUT2D eigenvalue weighted by molar-refractivity contribution is -0.107. The van der Waals surface area contributed by atoms with E-state index < -0.39 is 0 Å². The van der Waals surface area contributed by atoms with E-state index in [1.807, 2.05) is 13.0 Å². The van der Waals surface area contributed by atoms with Crippen LogP contribution < -0.4 is 0 Å². The first kappa shape index (κ1) is 8.76. The summed E-state index contributed by atoms with van der Waals surface area (Å²) in [5, 5.41) is 0.445. The Morgan fingerprint density at radius 1 is 1.78 bits per heavy atom. The molecule has 0 aromatic carbocycles. The Morgan fingerprint density at radius 3 is 2.89 bits per heavy atom. The fourth-order valence-corrected chi connectivity index (χ4v) is 1.12. The molecule has 1 nitrogen and oxygen atoms in total. The molecule has 52 valence electrons. The molecule has 9 heavy (non-hydrogen) atoms. The van der Waals surface area contributed by atoms with Gasteiger partial charge in [-0.05, 0) is 0 Å². The van der Waals surface area contributed by atoms with Crippen LogP contribution in [0.1, 0.15) is 13.3 Å². The van der Waals surface area contributed by atoms with Gasteiger partial charge in [-0.3, -0.25) is 0 Å². The number of carbonyl (C=O) groups is 1. The maximum absolute atomic E-state index is 9.94. The summed E-state index contributed by atoms with van der Waals surface area (Å²) in [4.78, 5) is 9.94. The van der Waals surface area contributed by atoms with Gasteiger partial charge in [-0.25, -0.2) is 0 Å². The summed E-state index contributed by atoms with van der Waals surface area (Å²) in [6.07, 6.45) is 3.46. The Hall–Kier alpha value is -0.240. The predicted octanol–water partition coefficient (Wildman–Crippen LogP) is 1.88. The summed E-state index contributed by atoms with van der Waals surface area (Å²) < 4.78 is 0. The summed E-state index contributed by atoms with van der Waals surface area (Å²) >= 11 is 1.75. The second-order valence-corrected chi connectivity index (χ2v) is 3.31. The van der Waals surface area contributed by atoms with Crippen LogP contribution in [0.5, 0.6) is 0 Å². The Labute approximate surface area is 60.5 Å². The third-order valence-corrected chi connectivity index (χ3v) is 2.12. The van der Waals surface area contributed by atoms with Gasteiger partial charge in [-0.1, -0.05) is 13.0 Å². The normalized spacial score (nSPS) is 12.6. The standard InChI is InChI=1S/C7H12OS/c1-3-6-9-7(2)4-5-8/h3,5,7H,1,4,6H2,2H3. The molecule has 0 heterocycles. The maximum atomic E-state index is 9.94. The van der Waals surface area contributed by atoms with Gasteiger partial charge < -0.3 is 4.79 Å². The fourth-order valence-electron chi connectivity index (χ4n) is 0.436.